The van der Waals surface area contributed by atoms with Crippen molar-refractivity contribution in [2.45, 2.75) is 25.2 Å². The van der Waals surface area contributed by atoms with Crippen LogP contribution in [0.4, 0.5) is 5.82 Å². The number of hydrogen-bond donors (Lipinski definition) is 1. The van der Waals surface area contributed by atoms with Gasteiger partial charge in [0.1, 0.15) is 11.4 Å². The van der Waals surface area contributed by atoms with Crippen LogP contribution in [-0.4, -0.2) is 35.2 Å². The molecule has 3 aliphatic heterocycles. The molecule has 2 fully saturated rings. The third-order valence-electron chi connectivity index (χ3n) is 5.75. The van der Waals surface area contributed by atoms with Crippen LogP contribution in [0, 0.1) is 18.8 Å². The molecule has 3 aliphatic rings. The number of rotatable bonds is 4. The fourth-order valence-electron chi connectivity index (χ4n) is 4.43. The molecular formula is C20H17Cl2N3O4. The van der Waals surface area contributed by atoms with Crippen LogP contribution >= 0.6 is 23.2 Å². The molecule has 2 aromatic rings. The zero-order chi connectivity index (χ0) is 20.3. The number of carbonyl (C=O) groups excluding carboxylic acids is 2. The van der Waals surface area contributed by atoms with Crippen molar-refractivity contribution in [3.05, 3.63) is 57.8 Å². The van der Waals surface area contributed by atoms with Gasteiger partial charge in [-0.1, -0.05) is 46.6 Å². The van der Waals surface area contributed by atoms with Gasteiger partial charge in [0.15, 0.2) is 5.82 Å². The largest absolute Gasteiger partial charge is 0.360 e. The second kappa shape index (κ2) is 6.58. The van der Waals surface area contributed by atoms with E-state index >= 15 is 0 Å². The zero-order valence-electron chi connectivity index (χ0n) is 15.4. The summed E-state index contributed by atoms with van der Waals surface area (Å²) in [6.45, 7) is 2.35. The van der Waals surface area contributed by atoms with Gasteiger partial charge in [-0.15, -0.1) is 0 Å². The highest BCUT2D eigenvalue weighted by atomic mass is 35.5. The summed E-state index contributed by atoms with van der Waals surface area (Å²) >= 11 is 12.0. The van der Waals surface area contributed by atoms with Crippen molar-refractivity contribution in [1.82, 2.24) is 10.5 Å². The molecule has 1 aromatic carbocycles. The fraction of sp³-hybridized carbons (Fsp3) is 0.350. The lowest BCUT2D eigenvalue weighted by Crippen LogP contribution is -2.44. The summed E-state index contributed by atoms with van der Waals surface area (Å²) in [5.41, 5.74) is 0.0136. The molecule has 7 nitrogen and oxygen atoms in total. The first-order valence-electron chi connectivity index (χ1n) is 9.21. The first-order valence-corrected chi connectivity index (χ1v) is 9.97. The van der Waals surface area contributed by atoms with E-state index in [1.807, 2.05) is 12.2 Å². The number of fused-ring (bicyclic) bond motifs is 1. The van der Waals surface area contributed by atoms with E-state index in [1.165, 1.54) is 4.90 Å². The Hall–Kier alpha value is -2.35. The number of ether oxygens (including phenoxy) is 1. The molecule has 0 aliphatic carbocycles. The maximum atomic E-state index is 13.2. The predicted octanol–water partition coefficient (Wildman–Crippen LogP) is 2.89. The van der Waals surface area contributed by atoms with Gasteiger partial charge in [-0.3, -0.25) is 14.5 Å². The SMILES string of the molecule is Cc1cc(N2C[C@]34C=CC(O3)C(C(=O)NCc3ccc(Cl)c(Cl)c3)C4C2=O)no1. The number of aromatic nitrogens is 1. The molecule has 4 heterocycles. The fourth-order valence-corrected chi connectivity index (χ4v) is 4.75. The molecule has 5 rings (SSSR count). The minimum Gasteiger partial charge on any atom is -0.360 e. The molecule has 0 radical (unpaired) electrons. The van der Waals surface area contributed by atoms with Crippen LogP contribution in [0.25, 0.3) is 0 Å². The lowest BCUT2D eigenvalue weighted by molar-refractivity contribution is -0.132. The number of benzene rings is 1. The Morgan fingerprint density at radius 1 is 1.34 bits per heavy atom. The van der Waals surface area contributed by atoms with E-state index in [2.05, 4.69) is 10.5 Å². The van der Waals surface area contributed by atoms with E-state index in [0.29, 0.717) is 28.2 Å². The van der Waals surface area contributed by atoms with Crippen molar-refractivity contribution >= 4 is 40.8 Å². The van der Waals surface area contributed by atoms with Crippen LogP contribution in [0.2, 0.25) is 10.0 Å². The molecule has 4 atom stereocenters. The van der Waals surface area contributed by atoms with Crippen LogP contribution in [0.1, 0.15) is 11.3 Å². The summed E-state index contributed by atoms with van der Waals surface area (Å²) in [7, 11) is 0. The minimum atomic E-state index is -0.805. The van der Waals surface area contributed by atoms with Gasteiger partial charge in [0.2, 0.25) is 11.8 Å². The quantitative estimate of drug-likeness (QED) is 0.749. The molecule has 9 heteroatoms. The third-order valence-corrected chi connectivity index (χ3v) is 6.48. The molecule has 29 heavy (non-hydrogen) atoms. The first-order chi connectivity index (χ1) is 13.9. The lowest BCUT2D eigenvalue weighted by Gasteiger charge is -2.23. The summed E-state index contributed by atoms with van der Waals surface area (Å²) in [5, 5.41) is 7.72. The van der Waals surface area contributed by atoms with Crippen LogP contribution in [0.3, 0.4) is 0 Å². The molecule has 1 aromatic heterocycles. The van der Waals surface area contributed by atoms with E-state index in [1.54, 1.807) is 31.2 Å². The van der Waals surface area contributed by atoms with E-state index in [9.17, 15) is 9.59 Å². The average Bonchev–Trinajstić information content (AvgIpc) is 3.43. The van der Waals surface area contributed by atoms with Gasteiger partial charge in [0.05, 0.1) is 34.5 Å². The van der Waals surface area contributed by atoms with Gasteiger partial charge >= 0.3 is 0 Å². The molecule has 1 N–H and O–H groups in total. The number of hydrogen-bond acceptors (Lipinski definition) is 5. The number of nitrogens with zero attached hydrogens (tertiary/aromatic N) is 2. The van der Waals surface area contributed by atoms with E-state index in [-0.39, 0.29) is 18.4 Å². The van der Waals surface area contributed by atoms with Crippen molar-refractivity contribution in [3.63, 3.8) is 0 Å². The Bertz CT molecular complexity index is 1050. The van der Waals surface area contributed by atoms with Crippen molar-refractivity contribution in [2.75, 3.05) is 11.4 Å². The molecular weight excluding hydrogens is 417 g/mol. The third kappa shape index (κ3) is 2.87. The van der Waals surface area contributed by atoms with Gasteiger partial charge in [-0.2, -0.15) is 0 Å². The highest BCUT2D eigenvalue weighted by Crippen LogP contribution is 2.52. The molecule has 2 bridgehead atoms. The molecule has 0 saturated carbocycles. The molecule has 1 spiro atoms. The highest BCUT2D eigenvalue weighted by Gasteiger charge is 2.67. The maximum absolute atomic E-state index is 13.2. The Labute approximate surface area is 176 Å². The van der Waals surface area contributed by atoms with Crippen molar-refractivity contribution < 1.29 is 18.8 Å². The van der Waals surface area contributed by atoms with Crippen molar-refractivity contribution in [2.24, 2.45) is 11.8 Å². The second-order valence-corrected chi connectivity index (χ2v) is 8.40. The van der Waals surface area contributed by atoms with Gasteiger partial charge in [-0.05, 0) is 24.6 Å². The van der Waals surface area contributed by atoms with Crippen LogP contribution in [0.15, 0.2) is 40.9 Å². The van der Waals surface area contributed by atoms with Crippen LogP contribution in [-0.2, 0) is 20.9 Å². The van der Waals surface area contributed by atoms with E-state index < -0.39 is 23.5 Å². The van der Waals surface area contributed by atoms with Gasteiger partial charge < -0.3 is 14.6 Å². The summed E-state index contributed by atoms with van der Waals surface area (Å²) in [4.78, 5) is 27.7. The second-order valence-electron chi connectivity index (χ2n) is 7.59. The molecule has 150 valence electrons. The smallest absolute Gasteiger partial charge is 0.235 e. The number of aryl methyl sites for hydroxylation is 1. The topological polar surface area (TPSA) is 84.7 Å². The highest BCUT2D eigenvalue weighted by molar-refractivity contribution is 6.42. The average molecular weight is 434 g/mol. The Kier molecular flexibility index (Phi) is 4.24. The zero-order valence-corrected chi connectivity index (χ0v) is 16.9. The number of amides is 2. The molecule has 2 amide bonds. The van der Waals surface area contributed by atoms with Gasteiger partial charge in [0, 0.05) is 12.6 Å². The Balaban J connectivity index is 1.36. The summed E-state index contributed by atoms with van der Waals surface area (Å²) in [6, 6.07) is 6.88. The van der Waals surface area contributed by atoms with E-state index in [4.69, 9.17) is 32.5 Å². The number of nitrogens with one attached hydrogen (secondary N) is 1. The van der Waals surface area contributed by atoms with Crippen LogP contribution < -0.4 is 10.2 Å². The molecule has 2 saturated heterocycles. The predicted molar refractivity (Wildman–Crippen MR) is 106 cm³/mol. The van der Waals surface area contributed by atoms with Gasteiger partial charge in [0.25, 0.3) is 0 Å². The Morgan fingerprint density at radius 3 is 2.90 bits per heavy atom. The molecule has 3 unspecified atom stereocenters. The van der Waals surface area contributed by atoms with Crippen LogP contribution in [0.5, 0.6) is 0 Å². The summed E-state index contributed by atoms with van der Waals surface area (Å²) in [5.74, 6) is -0.564. The maximum Gasteiger partial charge on any atom is 0.235 e. The van der Waals surface area contributed by atoms with Crippen molar-refractivity contribution in [3.8, 4) is 0 Å². The number of carbonyl (C=O) groups is 2. The lowest BCUT2D eigenvalue weighted by atomic mass is 9.77. The number of anilines is 1. The van der Waals surface area contributed by atoms with Crippen molar-refractivity contribution in [1.29, 1.82) is 0 Å². The Morgan fingerprint density at radius 2 is 2.17 bits per heavy atom. The summed E-state index contributed by atoms with van der Waals surface area (Å²) in [6.07, 6.45) is 3.35. The monoisotopic (exact) mass is 433 g/mol. The first kappa shape index (κ1) is 18.7. The standard InChI is InChI=1S/C20H17Cl2N3O4/c1-10-6-15(24-29-10)25-9-20-5-4-14(28-20)16(17(20)19(25)27)18(26)23-8-11-2-3-12(21)13(22)7-11/h2-7,14,16-17H,8-9H2,1H3,(H,23,26)/t14?,16?,17?,20-/m0/s1. The normalized spacial score (nSPS) is 29.6. The minimum absolute atomic E-state index is 0.181. The summed E-state index contributed by atoms with van der Waals surface area (Å²) < 4.78 is 11.2. The number of halogens is 2. The van der Waals surface area contributed by atoms with E-state index in [0.717, 1.165) is 5.56 Å². The van der Waals surface area contributed by atoms with Gasteiger partial charge in [-0.25, -0.2) is 0 Å².